The highest BCUT2D eigenvalue weighted by molar-refractivity contribution is 6.32. The number of halogens is 1. The number of nitrogens with zero attached hydrogens (tertiary/aromatic N) is 1. The summed E-state index contributed by atoms with van der Waals surface area (Å²) in [6.07, 6.45) is 0.0206. The van der Waals surface area contributed by atoms with E-state index < -0.39 is 0 Å². The first-order valence-electron chi connectivity index (χ1n) is 7.07. The third-order valence-corrected chi connectivity index (χ3v) is 3.72. The van der Waals surface area contributed by atoms with Crippen LogP contribution >= 0.6 is 11.6 Å². The van der Waals surface area contributed by atoms with Crippen LogP contribution in [0.2, 0.25) is 5.02 Å². The van der Waals surface area contributed by atoms with Gasteiger partial charge in [0.15, 0.2) is 0 Å². The molecular formula is C15H21ClN2O4. The highest BCUT2D eigenvalue weighted by Crippen LogP contribution is 2.36. The van der Waals surface area contributed by atoms with Gasteiger partial charge < -0.3 is 24.4 Å². The number of urea groups is 1. The Kier molecular flexibility index (Phi) is 5.37. The Morgan fingerprint density at radius 2 is 1.82 bits per heavy atom. The van der Waals surface area contributed by atoms with Crippen LogP contribution in [0.3, 0.4) is 0 Å². The lowest BCUT2D eigenvalue weighted by Crippen LogP contribution is -2.49. The van der Waals surface area contributed by atoms with E-state index in [1.165, 1.54) is 14.2 Å². The molecule has 2 atom stereocenters. The molecule has 122 valence electrons. The SMILES string of the molecule is COc1cc(NC(=O)N2C[C@@H](C)O[C@H](C)C2)c(OC)cc1Cl. The van der Waals surface area contributed by atoms with Crippen molar-refractivity contribution in [2.75, 3.05) is 32.6 Å². The van der Waals surface area contributed by atoms with Crippen molar-refractivity contribution in [3.63, 3.8) is 0 Å². The summed E-state index contributed by atoms with van der Waals surface area (Å²) in [5.74, 6) is 0.954. The lowest BCUT2D eigenvalue weighted by Gasteiger charge is -2.35. The van der Waals surface area contributed by atoms with Gasteiger partial charge in [-0.3, -0.25) is 0 Å². The number of carbonyl (C=O) groups excluding carboxylic acids is 1. The zero-order chi connectivity index (χ0) is 16.3. The monoisotopic (exact) mass is 328 g/mol. The van der Waals surface area contributed by atoms with Crippen molar-refractivity contribution in [1.29, 1.82) is 0 Å². The van der Waals surface area contributed by atoms with E-state index in [4.69, 9.17) is 25.8 Å². The molecule has 1 aromatic rings. The Morgan fingerprint density at radius 1 is 1.23 bits per heavy atom. The van der Waals surface area contributed by atoms with Crippen LogP contribution in [-0.4, -0.2) is 50.4 Å². The first-order valence-corrected chi connectivity index (χ1v) is 7.45. The van der Waals surface area contributed by atoms with Crippen molar-refractivity contribution in [3.05, 3.63) is 17.2 Å². The van der Waals surface area contributed by atoms with Gasteiger partial charge in [-0.1, -0.05) is 11.6 Å². The van der Waals surface area contributed by atoms with Gasteiger partial charge in [0, 0.05) is 25.2 Å². The van der Waals surface area contributed by atoms with Crippen molar-refractivity contribution in [2.45, 2.75) is 26.1 Å². The van der Waals surface area contributed by atoms with Crippen LogP contribution in [0, 0.1) is 0 Å². The second kappa shape index (κ2) is 7.07. The zero-order valence-electron chi connectivity index (χ0n) is 13.2. The van der Waals surface area contributed by atoms with Gasteiger partial charge in [-0.25, -0.2) is 4.79 Å². The molecule has 0 spiro atoms. The van der Waals surface area contributed by atoms with Gasteiger partial charge in [0.25, 0.3) is 0 Å². The number of hydrogen-bond acceptors (Lipinski definition) is 4. The molecule has 1 fully saturated rings. The fraction of sp³-hybridized carbons (Fsp3) is 0.533. The molecular weight excluding hydrogens is 308 g/mol. The van der Waals surface area contributed by atoms with Crippen LogP contribution in [-0.2, 0) is 4.74 Å². The second-order valence-electron chi connectivity index (χ2n) is 5.28. The summed E-state index contributed by atoms with van der Waals surface area (Å²) in [5.41, 5.74) is 0.514. The molecule has 0 unspecified atom stereocenters. The van der Waals surface area contributed by atoms with Gasteiger partial charge in [0.2, 0.25) is 0 Å². The van der Waals surface area contributed by atoms with E-state index in [0.717, 1.165) is 0 Å². The fourth-order valence-corrected chi connectivity index (χ4v) is 2.73. The smallest absolute Gasteiger partial charge is 0.322 e. The van der Waals surface area contributed by atoms with Crippen molar-refractivity contribution >= 4 is 23.3 Å². The summed E-state index contributed by atoms with van der Waals surface area (Å²) in [4.78, 5) is 14.2. The van der Waals surface area contributed by atoms with E-state index in [0.29, 0.717) is 35.3 Å². The van der Waals surface area contributed by atoms with Gasteiger partial charge in [-0.2, -0.15) is 0 Å². The first kappa shape index (κ1) is 16.7. The Bertz CT molecular complexity index is 543. The Morgan fingerprint density at radius 3 is 2.36 bits per heavy atom. The van der Waals surface area contributed by atoms with Crippen molar-refractivity contribution in [1.82, 2.24) is 4.90 Å². The van der Waals surface area contributed by atoms with Crippen LogP contribution in [0.5, 0.6) is 11.5 Å². The molecule has 7 heteroatoms. The van der Waals surface area contributed by atoms with Crippen molar-refractivity contribution < 1.29 is 19.0 Å². The molecule has 0 radical (unpaired) electrons. The molecule has 1 aliphatic heterocycles. The third-order valence-electron chi connectivity index (χ3n) is 3.42. The summed E-state index contributed by atoms with van der Waals surface area (Å²) < 4.78 is 16.1. The minimum absolute atomic E-state index is 0.0103. The van der Waals surface area contributed by atoms with E-state index in [2.05, 4.69) is 5.32 Å². The largest absolute Gasteiger partial charge is 0.495 e. The van der Waals surface area contributed by atoms with E-state index in [-0.39, 0.29) is 18.2 Å². The van der Waals surface area contributed by atoms with Crippen LogP contribution in [0.1, 0.15) is 13.8 Å². The second-order valence-corrected chi connectivity index (χ2v) is 5.69. The molecule has 1 aromatic carbocycles. The van der Waals surface area contributed by atoms with Gasteiger partial charge in [-0.05, 0) is 13.8 Å². The van der Waals surface area contributed by atoms with Gasteiger partial charge >= 0.3 is 6.03 Å². The Labute approximate surface area is 135 Å². The highest BCUT2D eigenvalue weighted by Gasteiger charge is 2.26. The highest BCUT2D eigenvalue weighted by atomic mass is 35.5. The van der Waals surface area contributed by atoms with E-state index in [1.54, 1.807) is 17.0 Å². The molecule has 2 amide bonds. The van der Waals surface area contributed by atoms with Crippen molar-refractivity contribution in [2.24, 2.45) is 0 Å². The predicted molar refractivity (Wildman–Crippen MR) is 85.2 cm³/mol. The molecule has 0 bridgehead atoms. The van der Waals surface area contributed by atoms with Crippen molar-refractivity contribution in [3.8, 4) is 11.5 Å². The predicted octanol–water partition coefficient (Wildman–Crippen LogP) is 3.00. The molecule has 0 aromatic heterocycles. The summed E-state index contributed by atoms with van der Waals surface area (Å²) in [6.45, 7) is 4.98. The number of amides is 2. The van der Waals surface area contributed by atoms with Gasteiger partial charge in [-0.15, -0.1) is 0 Å². The first-order chi connectivity index (χ1) is 10.4. The molecule has 1 heterocycles. The lowest BCUT2D eigenvalue weighted by atomic mass is 10.2. The molecule has 0 aliphatic carbocycles. The number of morpholine rings is 1. The van der Waals surface area contributed by atoms with Gasteiger partial charge in [0.05, 0.1) is 37.1 Å². The number of methoxy groups -OCH3 is 2. The molecule has 1 N–H and O–H groups in total. The van der Waals surface area contributed by atoms with Crippen LogP contribution in [0.4, 0.5) is 10.5 Å². The number of ether oxygens (including phenoxy) is 3. The van der Waals surface area contributed by atoms with Gasteiger partial charge in [0.1, 0.15) is 11.5 Å². The Balaban J connectivity index is 2.17. The average Bonchev–Trinajstić information content (AvgIpc) is 2.47. The molecule has 22 heavy (non-hydrogen) atoms. The molecule has 6 nitrogen and oxygen atoms in total. The van der Waals surface area contributed by atoms with Crippen LogP contribution < -0.4 is 14.8 Å². The Hall–Kier alpha value is -1.66. The maximum absolute atomic E-state index is 12.4. The standard InChI is InChI=1S/C15H21ClN2O4/c1-9-7-18(8-10(2)22-9)15(19)17-12-6-13(20-3)11(16)5-14(12)21-4/h5-6,9-10H,7-8H2,1-4H3,(H,17,19)/t9-,10-/m1/s1. The number of nitrogens with one attached hydrogen (secondary N) is 1. The molecule has 1 saturated heterocycles. The van der Waals surface area contributed by atoms with E-state index in [1.807, 2.05) is 13.8 Å². The summed E-state index contributed by atoms with van der Waals surface area (Å²) in [6, 6.07) is 3.05. The zero-order valence-corrected chi connectivity index (χ0v) is 13.9. The maximum atomic E-state index is 12.4. The number of rotatable bonds is 3. The minimum Gasteiger partial charge on any atom is -0.495 e. The number of anilines is 1. The normalized spacial score (nSPS) is 21.4. The van der Waals surface area contributed by atoms with Crippen LogP contribution in [0.15, 0.2) is 12.1 Å². The molecule has 2 rings (SSSR count). The minimum atomic E-state index is -0.204. The fourth-order valence-electron chi connectivity index (χ4n) is 2.50. The topological polar surface area (TPSA) is 60.0 Å². The number of carbonyl (C=O) groups is 1. The summed E-state index contributed by atoms with van der Waals surface area (Å²) in [5, 5.41) is 3.26. The van der Waals surface area contributed by atoms with E-state index in [9.17, 15) is 4.79 Å². The third kappa shape index (κ3) is 3.75. The summed E-state index contributed by atoms with van der Waals surface area (Å²) >= 11 is 6.06. The van der Waals surface area contributed by atoms with E-state index >= 15 is 0 Å². The lowest BCUT2D eigenvalue weighted by molar-refractivity contribution is -0.0530. The quantitative estimate of drug-likeness (QED) is 0.926. The average molecular weight is 329 g/mol. The maximum Gasteiger partial charge on any atom is 0.322 e. The molecule has 1 aliphatic rings. The summed E-state index contributed by atoms with van der Waals surface area (Å²) in [7, 11) is 3.04. The van der Waals surface area contributed by atoms with Crippen LogP contribution in [0.25, 0.3) is 0 Å². The molecule has 0 saturated carbocycles. The number of hydrogen-bond donors (Lipinski definition) is 1. The number of benzene rings is 1.